The molecule has 0 bridgehead atoms. The molecule has 160 valence electrons. The minimum atomic E-state index is 0.241. The standard InChI is InChI=1S/C24H33N5O/c1-28(2)16-5-3-4-8-23(30)21-11-9-20(10-12-21)17-29(18-22-7-6-13-25-22)19-24-26-14-15-27-24/h6,9-15H,3-5,7-8,16-19H2,1-2H3,(H,26,27). The predicted molar refractivity (Wildman–Crippen MR) is 122 cm³/mol. The molecule has 30 heavy (non-hydrogen) atoms. The summed E-state index contributed by atoms with van der Waals surface area (Å²) in [7, 11) is 4.17. The Morgan fingerprint density at radius 3 is 2.57 bits per heavy atom. The summed E-state index contributed by atoms with van der Waals surface area (Å²) in [4.78, 5) is 29.0. The summed E-state index contributed by atoms with van der Waals surface area (Å²) in [6.45, 7) is 3.42. The van der Waals surface area contributed by atoms with Gasteiger partial charge in [-0.25, -0.2) is 4.98 Å². The van der Waals surface area contributed by atoms with Crippen LogP contribution in [-0.2, 0) is 13.1 Å². The van der Waals surface area contributed by atoms with E-state index in [0.717, 1.165) is 63.3 Å². The number of carbonyl (C=O) groups excluding carboxylic acids is 1. The van der Waals surface area contributed by atoms with Crippen LogP contribution in [0.2, 0.25) is 0 Å². The van der Waals surface area contributed by atoms with Crippen LogP contribution in [0.15, 0.2) is 53.9 Å². The Balaban J connectivity index is 1.52. The van der Waals surface area contributed by atoms with E-state index in [9.17, 15) is 4.79 Å². The second kappa shape index (κ2) is 11.6. The van der Waals surface area contributed by atoms with E-state index < -0.39 is 0 Å². The first-order chi connectivity index (χ1) is 14.6. The molecule has 0 unspecified atom stereocenters. The molecular formula is C24H33N5O. The predicted octanol–water partition coefficient (Wildman–Crippen LogP) is 4.08. The average Bonchev–Trinajstić information content (AvgIpc) is 3.42. The van der Waals surface area contributed by atoms with Crippen molar-refractivity contribution >= 4 is 11.5 Å². The third kappa shape index (κ3) is 7.35. The van der Waals surface area contributed by atoms with Crippen LogP contribution in [0.3, 0.4) is 0 Å². The van der Waals surface area contributed by atoms with E-state index in [4.69, 9.17) is 0 Å². The van der Waals surface area contributed by atoms with Gasteiger partial charge in [0.05, 0.1) is 6.54 Å². The lowest BCUT2D eigenvalue weighted by molar-refractivity contribution is 0.0979. The van der Waals surface area contributed by atoms with Gasteiger partial charge in [0.1, 0.15) is 5.82 Å². The third-order valence-electron chi connectivity index (χ3n) is 5.24. The molecule has 1 aromatic carbocycles. The van der Waals surface area contributed by atoms with E-state index in [0.29, 0.717) is 6.42 Å². The second-order valence-corrected chi connectivity index (χ2v) is 8.20. The van der Waals surface area contributed by atoms with Crippen LogP contribution >= 0.6 is 0 Å². The van der Waals surface area contributed by atoms with E-state index in [2.05, 4.69) is 57.1 Å². The van der Waals surface area contributed by atoms with Crippen molar-refractivity contribution < 1.29 is 4.79 Å². The molecule has 3 rings (SSSR count). The van der Waals surface area contributed by atoms with E-state index >= 15 is 0 Å². The van der Waals surface area contributed by atoms with Gasteiger partial charge in [-0.1, -0.05) is 36.8 Å². The molecule has 6 nitrogen and oxygen atoms in total. The third-order valence-corrected chi connectivity index (χ3v) is 5.24. The van der Waals surface area contributed by atoms with Crippen molar-refractivity contribution in [3.8, 4) is 0 Å². The zero-order valence-electron chi connectivity index (χ0n) is 18.2. The summed E-state index contributed by atoms with van der Waals surface area (Å²) in [6.07, 6.45) is 12.3. The number of nitrogens with one attached hydrogen (secondary N) is 1. The van der Waals surface area contributed by atoms with Gasteiger partial charge in [-0.2, -0.15) is 0 Å². The highest BCUT2D eigenvalue weighted by Crippen LogP contribution is 2.14. The summed E-state index contributed by atoms with van der Waals surface area (Å²) in [5, 5.41) is 0. The zero-order chi connectivity index (χ0) is 21.2. The fraction of sp³-hybridized carbons (Fsp3) is 0.458. The van der Waals surface area contributed by atoms with Gasteiger partial charge in [0.15, 0.2) is 5.78 Å². The van der Waals surface area contributed by atoms with Gasteiger partial charge in [0.2, 0.25) is 0 Å². The van der Waals surface area contributed by atoms with Crippen LogP contribution in [0, 0.1) is 0 Å². The number of allylic oxidation sites excluding steroid dienone is 1. The van der Waals surface area contributed by atoms with Crippen molar-refractivity contribution in [1.82, 2.24) is 19.8 Å². The summed E-state index contributed by atoms with van der Waals surface area (Å²) >= 11 is 0. The molecule has 6 heteroatoms. The Morgan fingerprint density at radius 2 is 1.90 bits per heavy atom. The monoisotopic (exact) mass is 407 g/mol. The lowest BCUT2D eigenvalue weighted by atomic mass is 10.0. The van der Waals surface area contributed by atoms with E-state index in [1.54, 1.807) is 6.20 Å². The van der Waals surface area contributed by atoms with Crippen LogP contribution in [0.4, 0.5) is 0 Å². The van der Waals surface area contributed by atoms with Crippen LogP contribution in [0.1, 0.15) is 53.8 Å². The number of hydrogen-bond acceptors (Lipinski definition) is 5. The molecule has 0 atom stereocenters. The number of ketones is 1. The van der Waals surface area contributed by atoms with Crippen LogP contribution < -0.4 is 0 Å². The zero-order valence-corrected chi connectivity index (χ0v) is 18.2. The maximum atomic E-state index is 12.5. The van der Waals surface area contributed by atoms with Crippen molar-refractivity contribution in [3.05, 3.63) is 65.9 Å². The molecule has 0 amide bonds. The first-order valence-corrected chi connectivity index (χ1v) is 10.8. The molecule has 1 aliphatic rings. The number of hydrogen-bond donors (Lipinski definition) is 1. The van der Waals surface area contributed by atoms with Crippen molar-refractivity contribution in [2.24, 2.45) is 4.99 Å². The Kier molecular flexibility index (Phi) is 8.53. The van der Waals surface area contributed by atoms with Crippen LogP contribution in [0.25, 0.3) is 0 Å². The number of rotatable bonds is 13. The number of aromatic nitrogens is 2. The SMILES string of the molecule is CN(C)CCCCCC(=O)c1ccc(CN(CC2=NC=CC2)Cc2ncc[nH]2)cc1. The molecule has 0 fully saturated rings. The highest BCUT2D eigenvalue weighted by molar-refractivity contribution is 5.96. The van der Waals surface area contributed by atoms with Gasteiger partial charge in [0, 0.05) is 55.8 Å². The molecule has 0 saturated heterocycles. The number of carbonyl (C=O) groups is 1. The Labute approximate surface area is 179 Å². The summed E-state index contributed by atoms with van der Waals surface area (Å²) < 4.78 is 0. The number of nitrogens with zero attached hydrogens (tertiary/aromatic N) is 4. The van der Waals surface area contributed by atoms with E-state index in [1.165, 1.54) is 11.3 Å². The highest BCUT2D eigenvalue weighted by Gasteiger charge is 2.13. The maximum Gasteiger partial charge on any atom is 0.162 e. The summed E-state index contributed by atoms with van der Waals surface area (Å²) in [6, 6.07) is 8.08. The summed E-state index contributed by atoms with van der Waals surface area (Å²) in [5.41, 5.74) is 3.17. The number of unbranched alkanes of at least 4 members (excludes halogenated alkanes) is 2. The van der Waals surface area contributed by atoms with Crippen LogP contribution in [-0.4, -0.2) is 58.4 Å². The average molecular weight is 408 g/mol. The smallest absolute Gasteiger partial charge is 0.162 e. The first-order valence-electron chi connectivity index (χ1n) is 10.8. The second-order valence-electron chi connectivity index (χ2n) is 8.20. The van der Waals surface area contributed by atoms with Crippen molar-refractivity contribution in [3.63, 3.8) is 0 Å². The lowest BCUT2D eigenvalue weighted by Crippen LogP contribution is -2.29. The largest absolute Gasteiger partial charge is 0.348 e. The molecule has 2 aromatic rings. The molecule has 2 heterocycles. The fourth-order valence-electron chi connectivity index (χ4n) is 3.62. The number of Topliss-reactive ketones (excluding diaryl/α,β-unsaturated/α-hetero) is 1. The maximum absolute atomic E-state index is 12.5. The number of aliphatic imine (C=N–C) groups is 1. The van der Waals surface area contributed by atoms with Crippen molar-refractivity contribution in [1.29, 1.82) is 0 Å². The Hall–Kier alpha value is -2.57. The van der Waals surface area contributed by atoms with Gasteiger partial charge < -0.3 is 9.88 Å². The number of H-pyrrole nitrogens is 1. The molecule has 0 saturated carbocycles. The first kappa shape index (κ1) is 22.1. The van der Waals surface area contributed by atoms with E-state index in [1.807, 2.05) is 24.5 Å². The summed E-state index contributed by atoms with van der Waals surface area (Å²) in [5.74, 6) is 1.19. The molecule has 0 aliphatic carbocycles. The number of aromatic amines is 1. The molecule has 1 N–H and O–H groups in total. The van der Waals surface area contributed by atoms with Crippen molar-refractivity contribution in [2.75, 3.05) is 27.2 Å². The molecule has 1 aromatic heterocycles. The van der Waals surface area contributed by atoms with Gasteiger partial charge in [0.25, 0.3) is 0 Å². The van der Waals surface area contributed by atoms with Gasteiger partial charge in [-0.3, -0.25) is 14.7 Å². The Morgan fingerprint density at radius 1 is 1.07 bits per heavy atom. The molecule has 0 radical (unpaired) electrons. The Bertz CT molecular complexity index is 837. The van der Waals surface area contributed by atoms with Crippen molar-refractivity contribution in [2.45, 2.75) is 45.2 Å². The highest BCUT2D eigenvalue weighted by atomic mass is 16.1. The van der Waals surface area contributed by atoms with Crippen LogP contribution in [0.5, 0.6) is 0 Å². The molecule has 1 aliphatic heterocycles. The van der Waals surface area contributed by atoms with Gasteiger partial charge >= 0.3 is 0 Å². The quantitative estimate of drug-likeness (QED) is 0.401. The van der Waals surface area contributed by atoms with Gasteiger partial charge in [-0.15, -0.1) is 0 Å². The minimum Gasteiger partial charge on any atom is -0.348 e. The minimum absolute atomic E-state index is 0.241. The number of imidazole rings is 1. The molecule has 0 spiro atoms. The number of benzene rings is 1. The normalized spacial score (nSPS) is 13.4. The van der Waals surface area contributed by atoms with Gasteiger partial charge in [-0.05, 0) is 39.0 Å². The molecular weight excluding hydrogens is 374 g/mol. The van der Waals surface area contributed by atoms with E-state index in [-0.39, 0.29) is 5.78 Å². The topological polar surface area (TPSA) is 64.6 Å². The fourth-order valence-corrected chi connectivity index (χ4v) is 3.62. The lowest BCUT2D eigenvalue weighted by Gasteiger charge is -2.21.